The number of carbonyl (C=O) groups excluding carboxylic acids is 1. The molecule has 0 saturated carbocycles. The molecule has 8 heteroatoms. The number of nitrogens with one attached hydrogen (secondary N) is 1. The summed E-state index contributed by atoms with van der Waals surface area (Å²) in [5.41, 5.74) is 1.60. The monoisotopic (exact) mass is 417 g/mol. The van der Waals surface area contributed by atoms with Crippen LogP contribution < -0.4 is 9.46 Å². The van der Waals surface area contributed by atoms with Crippen LogP contribution in [0.4, 0.5) is 0 Å². The van der Waals surface area contributed by atoms with Crippen LogP contribution in [0.3, 0.4) is 0 Å². The molecule has 0 unspecified atom stereocenters. The summed E-state index contributed by atoms with van der Waals surface area (Å²) in [5.74, 6) is 0.0511. The highest BCUT2D eigenvalue weighted by Crippen LogP contribution is 2.25. The van der Waals surface area contributed by atoms with Crippen molar-refractivity contribution in [3.05, 3.63) is 59.7 Å². The Bertz CT molecular complexity index is 940. The summed E-state index contributed by atoms with van der Waals surface area (Å²) in [4.78, 5) is 17.0. The Balaban J connectivity index is 1.69. The number of carbonyl (C=O) groups is 1. The Hall–Kier alpha value is -2.42. The van der Waals surface area contributed by atoms with Gasteiger partial charge in [-0.05, 0) is 23.8 Å². The Labute approximate surface area is 172 Å². The Morgan fingerprint density at radius 2 is 1.76 bits per heavy atom. The van der Waals surface area contributed by atoms with E-state index in [-0.39, 0.29) is 23.1 Å². The number of amides is 1. The lowest BCUT2D eigenvalue weighted by molar-refractivity contribution is 0.0628. The van der Waals surface area contributed by atoms with Crippen LogP contribution in [0.15, 0.2) is 53.4 Å². The van der Waals surface area contributed by atoms with Gasteiger partial charge in [0.25, 0.3) is 5.91 Å². The van der Waals surface area contributed by atoms with Gasteiger partial charge in [-0.1, -0.05) is 37.3 Å². The molecular weight excluding hydrogens is 390 g/mol. The van der Waals surface area contributed by atoms with Crippen LogP contribution in [0, 0.1) is 0 Å². The van der Waals surface area contributed by atoms with E-state index in [1.54, 1.807) is 17.9 Å². The SMILES string of the molecule is CCNS(=O)(=O)c1cc(C(=O)N2CCN(Cc3ccccc3)CC2)ccc1OC. The van der Waals surface area contributed by atoms with E-state index < -0.39 is 10.0 Å². The smallest absolute Gasteiger partial charge is 0.253 e. The lowest BCUT2D eigenvalue weighted by atomic mass is 10.1. The predicted octanol–water partition coefficient (Wildman–Crippen LogP) is 1.95. The van der Waals surface area contributed by atoms with E-state index in [0.717, 1.165) is 19.6 Å². The number of benzene rings is 2. The van der Waals surface area contributed by atoms with Gasteiger partial charge in [-0.15, -0.1) is 0 Å². The number of ether oxygens (including phenoxy) is 1. The van der Waals surface area contributed by atoms with Crippen molar-refractivity contribution in [2.45, 2.75) is 18.4 Å². The van der Waals surface area contributed by atoms with Gasteiger partial charge < -0.3 is 9.64 Å². The molecule has 0 atom stereocenters. The number of piperazine rings is 1. The highest BCUT2D eigenvalue weighted by Gasteiger charge is 2.25. The minimum absolute atomic E-state index is 0.0181. The van der Waals surface area contributed by atoms with Crippen molar-refractivity contribution < 1.29 is 17.9 Å². The second-order valence-corrected chi connectivity index (χ2v) is 8.66. The van der Waals surface area contributed by atoms with E-state index in [9.17, 15) is 13.2 Å². The van der Waals surface area contributed by atoms with E-state index >= 15 is 0 Å². The molecule has 1 saturated heterocycles. The highest BCUT2D eigenvalue weighted by atomic mass is 32.2. The molecule has 1 aliphatic heterocycles. The lowest BCUT2D eigenvalue weighted by Crippen LogP contribution is -2.48. The molecule has 1 N–H and O–H groups in total. The summed E-state index contributed by atoms with van der Waals surface area (Å²) in [6.45, 7) is 5.58. The van der Waals surface area contributed by atoms with E-state index in [0.29, 0.717) is 18.7 Å². The summed E-state index contributed by atoms with van der Waals surface area (Å²) in [7, 11) is -2.33. The molecule has 1 amide bonds. The number of methoxy groups -OCH3 is 1. The van der Waals surface area contributed by atoms with Crippen LogP contribution in [0.5, 0.6) is 5.75 Å². The summed E-state index contributed by atoms with van der Waals surface area (Å²) < 4.78 is 32.5. The van der Waals surface area contributed by atoms with Crippen LogP contribution in [-0.4, -0.2) is 64.0 Å². The predicted molar refractivity (Wildman–Crippen MR) is 111 cm³/mol. The quantitative estimate of drug-likeness (QED) is 0.745. The van der Waals surface area contributed by atoms with Crippen LogP contribution >= 0.6 is 0 Å². The molecule has 0 aliphatic carbocycles. The van der Waals surface area contributed by atoms with Crippen LogP contribution in [-0.2, 0) is 16.6 Å². The largest absolute Gasteiger partial charge is 0.495 e. The van der Waals surface area contributed by atoms with Gasteiger partial charge in [0, 0.05) is 44.8 Å². The van der Waals surface area contributed by atoms with Gasteiger partial charge in [-0.2, -0.15) is 0 Å². The maximum absolute atomic E-state index is 13.0. The van der Waals surface area contributed by atoms with E-state index in [1.807, 2.05) is 18.2 Å². The fourth-order valence-corrected chi connectivity index (χ4v) is 4.65. The number of hydrogen-bond acceptors (Lipinski definition) is 5. The van der Waals surface area contributed by atoms with Crippen LogP contribution in [0.25, 0.3) is 0 Å². The zero-order chi connectivity index (χ0) is 20.9. The summed E-state index contributed by atoms with van der Waals surface area (Å²) in [5, 5.41) is 0. The van der Waals surface area contributed by atoms with E-state index in [2.05, 4.69) is 21.8 Å². The molecule has 0 aromatic heterocycles. The van der Waals surface area contributed by atoms with Crippen LogP contribution in [0.1, 0.15) is 22.8 Å². The fourth-order valence-electron chi connectivity index (χ4n) is 3.42. The van der Waals surface area contributed by atoms with Gasteiger partial charge in [-0.25, -0.2) is 13.1 Å². The van der Waals surface area contributed by atoms with Gasteiger partial charge in [-0.3, -0.25) is 9.69 Å². The van der Waals surface area contributed by atoms with E-state index in [4.69, 9.17) is 4.74 Å². The molecule has 7 nitrogen and oxygen atoms in total. The first-order valence-electron chi connectivity index (χ1n) is 9.68. The Morgan fingerprint density at radius 3 is 2.38 bits per heavy atom. The molecule has 2 aromatic rings. The number of hydrogen-bond donors (Lipinski definition) is 1. The Kier molecular flexibility index (Phi) is 6.89. The average molecular weight is 418 g/mol. The standard InChI is InChI=1S/C21H27N3O4S/c1-3-22-29(26,27)20-15-18(9-10-19(20)28-2)21(25)24-13-11-23(12-14-24)16-17-7-5-4-6-8-17/h4-10,15,22H,3,11-14,16H2,1-2H3. The van der Waals surface area contributed by atoms with E-state index in [1.165, 1.54) is 24.8 Å². The molecule has 3 rings (SSSR count). The lowest BCUT2D eigenvalue weighted by Gasteiger charge is -2.34. The second kappa shape index (κ2) is 9.39. The highest BCUT2D eigenvalue weighted by molar-refractivity contribution is 7.89. The minimum Gasteiger partial charge on any atom is -0.495 e. The molecule has 29 heavy (non-hydrogen) atoms. The molecule has 1 aliphatic rings. The molecule has 0 radical (unpaired) electrons. The average Bonchev–Trinajstić information content (AvgIpc) is 2.74. The van der Waals surface area contributed by atoms with Crippen molar-refractivity contribution in [1.29, 1.82) is 0 Å². The molecular formula is C21H27N3O4S. The third-order valence-corrected chi connectivity index (χ3v) is 6.51. The van der Waals surface area contributed by atoms with Gasteiger partial charge >= 0.3 is 0 Å². The summed E-state index contributed by atoms with van der Waals surface area (Å²) in [6.07, 6.45) is 0. The zero-order valence-electron chi connectivity index (χ0n) is 16.8. The van der Waals surface area contributed by atoms with Crippen molar-refractivity contribution in [2.75, 3.05) is 39.8 Å². The number of rotatable bonds is 7. The van der Waals surface area contributed by atoms with Gasteiger partial charge in [0.05, 0.1) is 7.11 Å². The van der Waals surface area contributed by atoms with Crippen molar-refractivity contribution in [1.82, 2.24) is 14.5 Å². The van der Waals surface area contributed by atoms with Gasteiger partial charge in [0.1, 0.15) is 10.6 Å². The normalized spacial score (nSPS) is 15.3. The summed E-state index contributed by atoms with van der Waals surface area (Å²) >= 11 is 0. The third-order valence-electron chi connectivity index (χ3n) is 4.94. The van der Waals surface area contributed by atoms with Crippen molar-refractivity contribution in [3.8, 4) is 5.75 Å². The topological polar surface area (TPSA) is 79.0 Å². The summed E-state index contributed by atoms with van der Waals surface area (Å²) in [6, 6.07) is 14.8. The first-order chi connectivity index (χ1) is 13.9. The maximum atomic E-state index is 13.0. The fraction of sp³-hybridized carbons (Fsp3) is 0.381. The second-order valence-electron chi connectivity index (χ2n) is 6.92. The van der Waals surface area contributed by atoms with Crippen LogP contribution in [0.2, 0.25) is 0 Å². The molecule has 1 fully saturated rings. The van der Waals surface area contributed by atoms with Gasteiger partial charge in [0.15, 0.2) is 0 Å². The minimum atomic E-state index is -3.74. The zero-order valence-corrected chi connectivity index (χ0v) is 17.6. The molecule has 0 bridgehead atoms. The number of nitrogens with zero attached hydrogens (tertiary/aromatic N) is 2. The first kappa shape index (κ1) is 21.3. The maximum Gasteiger partial charge on any atom is 0.253 e. The van der Waals surface area contributed by atoms with Crippen molar-refractivity contribution in [3.63, 3.8) is 0 Å². The molecule has 0 spiro atoms. The first-order valence-corrected chi connectivity index (χ1v) is 11.2. The molecule has 2 aromatic carbocycles. The number of sulfonamides is 1. The van der Waals surface area contributed by atoms with Crippen molar-refractivity contribution >= 4 is 15.9 Å². The third kappa shape index (κ3) is 5.14. The Morgan fingerprint density at radius 1 is 1.07 bits per heavy atom. The van der Waals surface area contributed by atoms with Gasteiger partial charge in [0.2, 0.25) is 10.0 Å². The molecule has 156 valence electrons. The molecule has 1 heterocycles. The van der Waals surface area contributed by atoms with Crippen molar-refractivity contribution in [2.24, 2.45) is 0 Å².